The molecule has 3 N–H and O–H groups in total. The SMILES string of the molecule is CC1(C)Cc2ncc(-c3cc(NC(=O)[C@H]4CCC[C@@H](NC(=O)O)C4)ncc3F)n2C1.[Pd].c1ccc(P(c2ccccc2)c2ccccc2)cc1.c1ccc(P(c2ccccc2)c2ccccc2)cc1.c1ccc(P(c2ccccc2)c2ccccc2)cc1.c1ccc(P(c2ccccc2)c2ccccc2)cc1. The summed E-state index contributed by atoms with van der Waals surface area (Å²) in [5.74, 6) is 0.194. The van der Waals surface area contributed by atoms with Gasteiger partial charge in [-0.05, 0) is 126 Å². The number of fused-ring (bicyclic) bond motifs is 1. The van der Waals surface area contributed by atoms with Crippen LogP contribution in [0.25, 0.3) is 11.3 Å². The molecule has 14 heteroatoms. The Kier molecular flexibility index (Phi) is 29.3. The van der Waals surface area contributed by atoms with E-state index in [4.69, 9.17) is 5.11 Å². The molecule has 2 aromatic heterocycles. The fourth-order valence-corrected chi connectivity index (χ4v) is 22.5. The maximum Gasteiger partial charge on any atom is 0.404 e. The Labute approximate surface area is 648 Å². The number of pyridine rings is 1. The zero-order valence-electron chi connectivity index (χ0n) is 59.9. The van der Waals surface area contributed by atoms with Crippen LogP contribution in [0.2, 0.25) is 0 Å². The molecule has 1 fully saturated rings. The van der Waals surface area contributed by atoms with Gasteiger partial charge in [0, 0.05) is 50.9 Å². The van der Waals surface area contributed by atoms with E-state index >= 15 is 0 Å². The van der Waals surface area contributed by atoms with E-state index in [0.717, 1.165) is 37.8 Å². The van der Waals surface area contributed by atoms with Crippen molar-refractivity contribution in [3.63, 3.8) is 0 Å². The second-order valence-corrected chi connectivity index (χ2v) is 35.3. The average Bonchev–Trinajstić information content (AvgIpc) is 1.62. The van der Waals surface area contributed by atoms with Gasteiger partial charge in [0.1, 0.15) is 11.6 Å². The number of carbonyl (C=O) groups is 2. The molecule has 3 heterocycles. The molecule has 14 aromatic rings. The number of aromatic nitrogens is 3. The molecule has 16 rings (SSSR count). The first kappa shape index (κ1) is 78.1. The molecule has 8 nitrogen and oxygen atoms in total. The summed E-state index contributed by atoms with van der Waals surface area (Å²) in [4.78, 5) is 32.1. The van der Waals surface area contributed by atoms with E-state index in [2.05, 4.69) is 398 Å². The summed E-state index contributed by atoms with van der Waals surface area (Å²) in [5, 5.41) is 30.9. The summed E-state index contributed by atoms with van der Waals surface area (Å²) in [5.41, 5.74) is 1.10. The number of hydrogen-bond donors (Lipinski definition) is 3. The van der Waals surface area contributed by atoms with Gasteiger partial charge < -0.3 is 20.3 Å². The van der Waals surface area contributed by atoms with Crippen LogP contribution in [0.1, 0.15) is 45.4 Å². The summed E-state index contributed by atoms with van der Waals surface area (Å²) in [6, 6.07) is 131. The Morgan fingerprint density at radius 1 is 0.411 bits per heavy atom. The smallest absolute Gasteiger partial charge is 0.404 e. The first-order chi connectivity index (χ1) is 52.0. The van der Waals surface area contributed by atoms with Crippen LogP contribution < -0.4 is 74.3 Å². The minimum Gasteiger partial charge on any atom is -0.465 e. The third-order valence-corrected chi connectivity index (χ3v) is 27.9. The van der Waals surface area contributed by atoms with E-state index in [-0.39, 0.29) is 49.5 Å². The van der Waals surface area contributed by atoms with Crippen molar-refractivity contribution in [2.24, 2.45) is 11.3 Å². The number of imidazole rings is 1. The molecule has 2 aliphatic rings. The van der Waals surface area contributed by atoms with Crippen molar-refractivity contribution in [3.8, 4) is 11.3 Å². The normalized spacial score (nSPS) is 13.8. The zero-order valence-corrected chi connectivity index (χ0v) is 65.0. The van der Waals surface area contributed by atoms with Crippen LogP contribution in [-0.2, 0) is 38.2 Å². The van der Waals surface area contributed by atoms with Gasteiger partial charge in [0.25, 0.3) is 0 Å². The van der Waals surface area contributed by atoms with Gasteiger partial charge in [-0.25, -0.2) is 19.2 Å². The molecule has 0 unspecified atom stereocenters. The molecule has 107 heavy (non-hydrogen) atoms. The number of anilines is 1. The Hall–Kier alpha value is -9.95. The number of carbonyl (C=O) groups excluding carboxylic acids is 1. The van der Waals surface area contributed by atoms with Crippen molar-refractivity contribution >= 4 is 113 Å². The molecule has 2 atom stereocenters. The Morgan fingerprint density at radius 3 is 0.944 bits per heavy atom. The summed E-state index contributed by atoms with van der Waals surface area (Å²) in [6.45, 7) is 5.05. The van der Waals surface area contributed by atoms with E-state index in [1.54, 1.807) is 12.3 Å². The number of carboxylic acid groups (broad SMARTS) is 1. The van der Waals surface area contributed by atoms with Gasteiger partial charge in [-0.2, -0.15) is 0 Å². The third kappa shape index (κ3) is 22.1. The van der Waals surface area contributed by atoms with Crippen LogP contribution in [0.4, 0.5) is 15.0 Å². The minimum atomic E-state index is -1.08. The van der Waals surface area contributed by atoms with E-state index < -0.39 is 43.6 Å². The quantitative estimate of drug-likeness (QED) is 0.0660. The summed E-state index contributed by atoms with van der Waals surface area (Å²) in [7, 11) is -1.78. The predicted octanol–water partition coefficient (Wildman–Crippen LogP) is 17.2. The Balaban J connectivity index is 0.000000135. The Bertz CT molecular complexity index is 4100. The van der Waals surface area contributed by atoms with Crippen molar-refractivity contribution in [2.45, 2.75) is 58.5 Å². The summed E-state index contributed by atoms with van der Waals surface area (Å²) in [6.07, 6.45) is 5.14. The van der Waals surface area contributed by atoms with Crippen LogP contribution >= 0.6 is 31.7 Å². The monoisotopic (exact) mass is 1570 g/mol. The molecule has 1 aliphatic heterocycles. The standard InChI is InChI=1S/C21H26FN5O3.4C18H15P.Pd/c1-21(2)8-18-24-10-16(27(18)11-21)14-7-17(23-9-15(14)22)26-19(28)12-4-3-5-13(6-12)25-20(29)30;4*1-4-10-16(11-5-1)19(17-12-6-2-7-13-17)18-14-8-3-9-15-18;/h7,9-10,12-13,25H,3-6,8,11H2,1-2H3,(H,29,30)(H,23,26,28);4*1-15H;/t12-,13+;;;;;/m0...../s1. The van der Waals surface area contributed by atoms with Crippen molar-refractivity contribution in [3.05, 3.63) is 394 Å². The van der Waals surface area contributed by atoms with Crippen LogP contribution in [0, 0.1) is 17.2 Å². The minimum absolute atomic E-state index is 0. The second-order valence-electron chi connectivity index (χ2n) is 26.4. The van der Waals surface area contributed by atoms with Crippen LogP contribution in [0.5, 0.6) is 0 Å². The molecule has 0 saturated heterocycles. The molecular formula is C93H86FN5O3P4Pd. The maximum atomic E-state index is 14.6. The van der Waals surface area contributed by atoms with Gasteiger partial charge in [0.2, 0.25) is 5.91 Å². The number of hydrogen-bond acceptors (Lipinski definition) is 4. The van der Waals surface area contributed by atoms with Gasteiger partial charge in [-0.1, -0.05) is 384 Å². The molecule has 0 spiro atoms. The van der Waals surface area contributed by atoms with Gasteiger partial charge in [-0.3, -0.25) is 4.79 Å². The van der Waals surface area contributed by atoms with Crippen molar-refractivity contribution in [1.29, 1.82) is 0 Å². The topological polar surface area (TPSA) is 109 Å². The van der Waals surface area contributed by atoms with Crippen LogP contribution in [0.3, 0.4) is 0 Å². The number of nitrogens with one attached hydrogen (secondary N) is 2. The molecule has 12 aromatic carbocycles. The fraction of sp³-hybridized carbons (Fsp3) is 0.118. The number of nitrogens with zero attached hydrogens (tertiary/aromatic N) is 3. The van der Waals surface area contributed by atoms with Gasteiger partial charge >= 0.3 is 6.09 Å². The molecule has 0 bridgehead atoms. The van der Waals surface area contributed by atoms with Gasteiger partial charge in [0.05, 0.1) is 18.1 Å². The predicted molar refractivity (Wildman–Crippen MR) is 449 cm³/mol. The number of halogens is 1. The van der Waals surface area contributed by atoms with Gasteiger partial charge in [0.15, 0.2) is 5.82 Å². The second kappa shape index (κ2) is 40.1. The number of benzene rings is 12. The fourth-order valence-electron chi connectivity index (χ4n) is 13.2. The molecule has 0 radical (unpaired) electrons. The molecule has 2 amide bonds. The largest absolute Gasteiger partial charge is 0.465 e. The number of rotatable bonds is 16. The molecule has 1 saturated carbocycles. The van der Waals surface area contributed by atoms with Crippen molar-refractivity contribution in [2.75, 3.05) is 5.32 Å². The zero-order chi connectivity index (χ0) is 73.1. The third-order valence-electron chi connectivity index (χ3n) is 18.1. The molecule has 538 valence electrons. The van der Waals surface area contributed by atoms with E-state index in [1.807, 2.05) is 4.57 Å². The van der Waals surface area contributed by atoms with Crippen LogP contribution in [0.15, 0.2) is 382 Å². The molecular weight excluding hydrogens is 1480 g/mol. The first-order valence-electron chi connectivity index (χ1n) is 35.8. The maximum absolute atomic E-state index is 14.6. The van der Waals surface area contributed by atoms with Crippen molar-refractivity contribution in [1.82, 2.24) is 19.9 Å². The summed E-state index contributed by atoms with van der Waals surface area (Å²) < 4.78 is 16.6. The van der Waals surface area contributed by atoms with Gasteiger partial charge in [-0.15, -0.1) is 0 Å². The van der Waals surface area contributed by atoms with Crippen molar-refractivity contribution < 1.29 is 39.5 Å². The van der Waals surface area contributed by atoms with E-state index in [9.17, 15) is 14.0 Å². The summed E-state index contributed by atoms with van der Waals surface area (Å²) >= 11 is 0. The van der Waals surface area contributed by atoms with E-state index in [0.29, 0.717) is 24.1 Å². The van der Waals surface area contributed by atoms with Crippen LogP contribution in [-0.4, -0.2) is 37.7 Å². The average molecular weight is 1570 g/mol. The van der Waals surface area contributed by atoms with E-state index in [1.165, 1.54) is 63.7 Å². The molecule has 1 aliphatic carbocycles. The Morgan fingerprint density at radius 2 is 0.682 bits per heavy atom. The number of amides is 2. The first-order valence-corrected chi connectivity index (χ1v) is 41.2.